The van der Waals surface area contributed by atoms with E-state index in [-0.39, 0.29) is 17.9 Å². The van der Waals surface area contributed by atoms with E-state index in [1.54, 1.807) is 4.90 Å². The highest BCUT2D eigenvalue weighted by molar-refractivity contribution is 5.90. The standard InChI is InChI=1S/C18H27N3O3/c1-4-19-17(22)14-7-6-10-21(12-14)18(23)20-15-8-9-16(24-5-2)13(3)11-15/h8-9,11,14H,4-7,10,12H2,1-3H3,(H,19,22)(H,20,23)/t14-/m0/s1. The molecule has 1 aromatic rings. The molecule has 0 bridgehead atoms. The number of urea groups is 1. The Kier molecular flexibility index (Phi) is 6.46. The Labute approximate surface area is 143 Å². The Hall–Kier alpha value is -2.24. The fourth-order valence-electron chi connectivity index (χ4n) is 2.94. The van der Waals surface area contributed by atoms with Crippen LogP contribution in [-0.4, -0.2) is 43.1 Å². The average Bonchev–Trinajstić information content (AvgIpc) is 2.58. The molecule has 0 spiro atoms. The number of aryl methyl sites for hydroxylation is 1. The van der Waals surface area contributed by atoms with E-state index in [1.807, 2.05) is 39.0 Å². The molecule has 0 saturated carbocycles. The Balaban J connectivity index is 1.96. The van der Waals surface area contributed by atoms with Crippen molar-refractivity contribution >= 4 is 17.6 Å². The van der Waals surface area contributed by atoms with Crippen molar-refractivity contribution in [3.05, 3.63) is 23.8 Å². The fourth-order valence-corrected chi connectivity index (χ4v) is 2.94. The molecule has 2 N–H and O–H groups in total. The number of carbonyl (C=O) groups is 2. The molecule has 24 heavy (non-hydrogen) atoms. The Bertz CT molecular complexity index is 589. The van der Waals surface area contributed by atoms with Crippen molar-refractivity contribution in [2.45, 2.75) is 33.6 Å². The largest absolute Gasteiger partial charge is 0.494 e. The fraction of sp³-hybridized carbons (Fsp3) is 0.556. The zero-order valence-corrected chi connectivity index (χ0v) is 14.7. The number of ether oxygens (including phenoxy) is 1. The maximum atomic E-state index is 12.5. The van der Waals surface area contributed by atoms with Gasteiger partial charge in [-0.15, -0.1) is 0 Å². The van der Waals surface area contributed by atoms with E-state index in [0.717, 1.165) is 29.8 Å². The maximum absolute atomic E-state index is 12.5. The maximum Gasteiger partial charge on any atom is 0.321 e. The minimum atomic E-state index is -0.160. The predicted octanol–water partition coefficient (Wildman–Crippen LogP) is 2.77. The third-order valence-corrected chi connectivity index (χ3v) is 4.16. The van der Waals surface area contributed by atoms with Gasteiger partial charge in [0, 0.05) is 25.3 Å². The smallest absolute Gasteiger partial charge is 0.321 e. The van der Waals surface area contributed by atoms with E-state index in [9.17, 15) is 9.59 Å². The topological polar surface area (TPSA) is 70.7 Å². The molecule has 2 rings (SSSR count). The number of anilines is 1. The second-order valence-corrected chi connectivity index (χ2v) is 6.02. The minimum Gasteiger partial charge on any atom is -0.494 e. The summed E-state index contributed by atoms with van der Waals surface area (Å²) in [6, 6.07) is 5.43. The van der Waals surface area contributed by atoms with Gasteiger partial charge in [-0.3, -0.25) is 4.79 Å². The second-order valence-electron chi connectivity index (χ2n) is 6.02. The number of carbonyl (C=O) groups excluding carboxylic acids is 2. The summed E-state index contributed by atoms with van der Waals surface area (Å²) >= 11 is 0. The first-order valence-electron chi connectivity index (χ1n) is 8.62. The minimum absolute atomic E-state index is 0.0342. The Morgan fingerprint density at radius 3 is 2.79 bits per heavy atom. The molecule has 132 valence electrons. The third-order valence-electron chi connectivity index (χ3n) is 4.16. The van der Waals surface area contributed by atoms with Crippen LogP contribution >= 0.6 is 0 Å². The van der Waals surface area contributed by atoms with Gasteiger partial charge in [0.2, 0.25) is 5.91 Å². The molecular formula is C18H27N3O3. The first-order valence-corrected chi connectivity index (χ1v) is 8.62. The molecule has 1 fully saturated rings. The molecule has 0 aliphatic carbocycles. The molecule has 0 radical (unpaired) electrons. The summed E-state index contributed by atoms with van der Waals surface area (Å²) in [5.74, 6) is 0.739. The molecule has 0 unspecified atom stereocenters. The first-order chi connectivity index (χ1) is 11.5. The van der Waals surface area contributed by atoms with Gasteiger partial charge in [-0.1, -0.05) is 0 Å². The molecule has 1 aliphatic rings. The van der Waals surface area contributed by atoms with Crippen LogP contribution < -0.4 is 15.4 Å². The first kappa shape index (κ1) is 18.1. The van der Waals surface area contributed by atoms with Crippen LogP contribution in [-0.2, 0) is 4.79 Å². The molecule has 1 atom stereocenters. The summed E-state index contributed by atoms with van der Waals surface area (Å²) in [6.45, 7) is 8.17. The van der Waals surface area contributed by atoms with Gasteiger partial charge < -0.3 is 20.3 Å². The van der Waals surface area contributed by atoms with Gasteiger partial charge >= 0.3 is 6.03 Å². The van der Waals surface area contributed by atoms with Crippen molar-refractivity contribution < 1.29 is 14.3 Å². The highest BCUT2D eigenvalue weighted by atomic mass is 16.5. The van der Waals surface area contributed by atoms with E-state index in [2.05, 4.69) is 10.6 Å². The molecule has 1 heterocycles. The lowest BCUT2D eigenvalue weighted by Crippen LogP contribution is -2.46. The van der Waals surface area contributed by atoms with E-state index in [1.165, 1.54) is 0 Å². The number of likely N-dealkylation sites (tertiary alicyclic amines) is 1. The lowest BCUT2D eigenvalue weighted by Gasteiger charge is -2.32. The van der Waals surface area contributed by atoms with E-state index < -0.39 is 0 Å². The van der Waals surface area contributed by atoms with Crippen LogP contribution in [0.5, 0.6) is 5.75 Å². The van der Waals surface area contributed by atoms with Gasteiger partial charge in [-0.05, 0) is 57.4 Å². The molecule has 1 saturated heterocycles. The molecule has 1 aliphatic heterocycles. The zero-order chi connectivity index (χ0) is 17.5. The van der Waals surface area contributed by atoms with Crippen molar-refractivity contribution in [1.82, 2.24) is 10.2 Å². The summed E-state index contributed by atoms with van der Waals surface area (Å²) in [5, 5.41) is 5.75. The highest BCUT2D eigenvalue weighted by Gasteiger charge is 2.28. The molecular weight excluding hydrogens is 306 g/mol. The quantitative estimate of drug-likeness (QED) is 0.870. The van der Waals surface area contributed by atoms with Gasteiger partial charge in [0.15, 0.2) is 0 Å². The van der Waals surface area contributed by atoms with Crippen molar-refractivity contribution in [3.8, 4) is 5.75 Å². The molecule has 3 amide bonds. The highest BCUT2D eigenvalue weighted by Crippen LogP contribution is 2.23. The van der Waals surface area contributed by atoms with E-state index in [0.29, 0.717) is 26.2 Å². The van der Waals surface area contributed by atoms with Crippen LogP contribution in [0.4, 0.5) is 10.5 Å². The van der Waals surface area contributed by atoms with Gasteiger partial charge in [0.05, 0.1) is 12.5 Å². The summed E-state index contributed by atoms with van der Waals surface area (Å²) in [5.41, 5.74) is 1.72. The Morgan fingerprint density at radius 2 is 2.12 bits per heavy atom. The number of rotatable bonds is 5. The molecule has 6 heteroatoms. The van der Waals surface area contributed by atoms with Crippen LogP contribution in [0.25, 0.3) is 0 Å². The number of amides is 3. The van der Waals surface area contributed by atoms with Gasteiger partial charge in [-0.2, -0.15) is 0 Å². The predicted molar refractivity (Wildman–Crippen MR) is 94.3 cm³/mol. The lowest BCUT2D eigenvalue weighted by atomic mass is 9.97. The number of hydrogen-bond donors (Lipinski definition) is 2. The van der Waals surface area contributed by atoms with Gasteiger partial charge in [0.1, 0.15) is 5.75 Å². The van der Waals surface area contributed by atoms with Crippen LogP contribution in [0.1, 0.15) is 32.3 Å². The SMILES string of the molecule is CCNC(=O)[C@H]1CCCN(C(=O)Nc2ccc(OCC)c(C)c2)C1. The zero-order valence-electron chi connectivity index (χ0n) is 14.7. The van der Waals surface area contributed by atoms with Crippen molar-refractivity contribution in [2.75, 3.05) is 31.6 Å². The Morgan fingerprint density at radius 1 is 1.33 bits per heavy atom. The normalized spacial score (nSPS) is 17.3. The summed E-state index contributed by atoms with van der Waals surface area (Å²) in [6.07, 6.45) is 1.68. The van der Waals surface area contributed by atoms with Crippen LogP contribution in [0.2, 0.25) is 0 Å². The second kappa shape index (κ2) is 8.57. The third kappa shape index (κ3) is 4.63. The van der Waals surface area contributed by atoms with Crippen molar-refractivity contribution in [3.63, 3.8) is 0 Å². The number of nitrogens with zero attached hydrogens (tertiary/aromatic N) is 1. The average molecular weight is 333 g/mol. The van der Waals surface area contributed by atoms with Gasteiger partial charge in [-0.25, -0.2) is 4.79 Å². The van der Waals surface area contributed by atoms with Crippen LogP contribution in [0.15, 0.2) is 18.2 Å². The molecule has 1 aromatic carbocycles. The van der Waals surface area contributed by atoms with Crippen molar-refractivity contribution in [1.29, 1.82) is 0 Å². The monoisotopic (exact) mass is 333 g/mol. The summed E-state index contributed by atoms with van der Waals surface area (Å²) < 4.78 is 5.51. The van der Waals surface area contributed by atoms with E-state index >= 15 is 0 Å². The number of benzene rings is 1. The number of hydrogen-bond acceptors (Lipinski definition) is 3. The van der Waals surface area contributed by atoms with Crippen LogP contribution in [0, 0.1) is 12.8 Å². The van der Waals surface area contributed by atoms with Gasteiger partial charge in [0.25, 0.3) is 0 Å². The lowest BCUT2D eigenvalue weighted by molar-refractivity contribution is -0.126. The summed E-state index contributed by atoms with van der Waals surface area (Å²) in [4.78, 5) is 26.2. The number of nitrogens with one attached hydrogen (secondary N) is 2. The molecule has 6 nitrogen and oxygen atoms in total. The number of piperidine rings is 1. The van der Waals surface area contributed by atoms with E-state index in [4.69, 9.17) is 4.74 Å². The van der Waals surface area contributed by atoms with Crippen LogP contribution in [0.3, 0.4) is 0 Å². The molecule has 0 aromatic heterocycles. The summed E-state index contributed by atoms with van der Waals surface area (Å²) in [7, 11) is 0. The van der Waals surface area contributed by atoms with Crippen molar-refractivity contribution in [2.24, 2.45) is 5.92 Å².